The maximum Gasteiger partial charge on any atom is 0.280 e. The molecular weight excluding hydrogens is 357 g/mol. The molecule has 1 aromatic heterocycles. The summed E-state index contributed by atoms with van der Waals surface area (Å²) in [5.41, 5.74) is 9.47. The van der Waals surface area contributed by atoms with Gasteiger partial charge in [0, 0.05) is 10.7 Å². The summed E-state index contributed by atoms with van der Waals surface area (Å²) >= 11 is 6.01. The van der Waals surface area contributed by atoms with Gasteiger partial charge in [0.1, 0.15) is 5.82 Å². The first-order valence-corrected chi connectivity index (χ1v) is 8.24. The highest BCUT2D eigenvalue weighted by atomic mass is 35.5. The highest BCUT2D eigenvalue weighted by Crippen LogP contribution is 2.21. The van der Waals surface area contributed by atoms with Gasteiger partial charge in [0.2, 0.25) is 0 Å². The Morgan fingerprint density at radius 3 is 2.69 bits per heavy atom. The molecule has 0 saturated heterocycles. The molecule has 3 N–H and O–H groups in total. The van der Waals surface area contributed by atoms with Crippen LogP contribution in [0.3, 0.4) is 0 Å². The lowest BCUT2D eigenvalue weighted by molar-refractivity contribution is 0.102. The third-order valence-corrected chi connectivity index (χ3v) is 4.44. The van der Waals surface area contributed by atoms with Crippen LogP contribution in [-0.4, -0.2) is 20.9 Å². The van der Waals surface area contributed by atoms with Crippen LogP contribution in [0.25, 0.3) is 0 Å². The fraction of sp³-hybridized carbons (Fsp3) is 0.167. The van der Waals surface area contributed by atoms with Crippen LogP contribution in [0.5, 0.6) is 0 Å². The molecule has 1 heterocycles. The highest BCUT2D eigenvalue weighted by molar-refractivity contribution is 6.31. The minimum absolute atomic E-state index is 0.0152. The van der Waals surface area contributed by atoms with E-state index in [1.807, 2.05) is 26.0 Å². The van der Waals surface area contributed by atoms with Crippen LogP contribution in [0, 0.1) is 19.7 Å². The second-order valence-corrected chi connectivity index (χ2v) is 6.38. The zero-order valence-electron chi connectivity index (χ0n) is 14.3. The van der Waals surface area contributed by atoms with Gasteiger partial charge in [-0.1, -0.05) is 28.9 Å². The zero-order valence-corrected chi connectivity index (χ0v) is 15.0. The van der Waals surface area contributed by atoms with Crippen molar-refractivity contribution in [1.29, 1.82) is 0 Å². The molecule has 26 heavy (non-hydrogen) atoms. The molecule has 0 radical (unpaired) electrons. The molecule has 0 atom stereocenters. The zero-order chi connectivity index (χ0) is 18.8. The minimum Gasteiger partial charge on any atom is -0.382 e. The summed E-state index contributed by atoms with van der Waals surface area (Å²) in [5.74, 6) is -0.785. The van der Waals surface area contributed by atoms with Crippen molar-refractivity contribution in [2.24, 2.45) is 0 Å². The van der Waals surface area contributed by atoms with Gasteiger partial charge in [0.25, 0.3) is 5.91 Å². The predicted molar refractivity (Wildman–Crippen MR) is 98.8 cm³/mol. The van der Waals surface area contributed by atoms with E-state index in [9.17, 15) is 9.18 Å². The summed E-state index contributed by atoms with van der Waals surface area (Å²) < 4.78 is 14.5. The van der Waals surface area contributed by atoms with Gasteiger partial charge in [0.05, 0.1) is 6.54 Å². The monoisotopic (exact) mass is 373 g/mol. The van der Waals surface area contributed by atoms with E-state index in [0.29, 0.717) is 11.3 Å². The van der Waals surface area contributed by atoms with E-state index in [2.05, 4.69) is 15.6 Å². The highest BCUT2D eigenvalue weighted by Gasteiger charge is 2.18. The molecule has 134 valence electrons. The molecule has 6 nitrogen and oxygen atoms in total. The SMILES string of the molecule is Cc1ccc(NC(=O)c2nnn(Cc3ccc(F)cc3Cl)c2N)cc1C. The largest absolute Gasteiger partial charge is 0.382 e. The Morgan fingerprint density at radius 2 is 2.00 bits per heavy atom. The second-order valence-electron chi connectivity index (χ2n) is 5.97. The molecule has 2 aromatic carbocycles. The van der Waals surface area contributed by atoms with Gasteiger partial charge in [-0.05, 0) is 54.8 Å². The van der Waals surface area contributed by atoms with Crippen molar-refractivity contribution in [3.05, 3.63) is 69.6 Å². The molecule has 0 saturated carbocycles. The fourth-order valence-electron chi connectivity index (χ4n) is 2.42. The molecule has 0 aliphatic carbocycles. The van der Waals surface area contributed by atoms with Crippen molar-refractivity contribution in [1.82, 2.24) is 15.0 Å². The van der Waals surface area contributed by atoms with E-state index < -0.39 is 11.7 Å². The van der Waals surface area contributed by atoms with Gasteiger partial charge in [-0.25, -0.2) is 9.07 Å². The molecular formula is C18H17ClFN5O. The van der Waals surface area contributed by atoms with Crippen molar-refractivity contribution in [2.75, 3.05) is 11.1 Å². The number of hydrogen-bond acceptors (Lipinski definition) is 4. The minimum atomic E-state index is -0.456. The molecule has 0 spiro atoms. The number of nitrogens with zero attached hydrogens (tertiary/aromatic N) is 3. The average Bonchev–Trinajstić information content (AvgIpc) is 2.94. The van der Waals surface area contributed by atoms with Crippen LogP contribution in [0.15, 0.2) is 36.4 Å². The summed E-state index contributed by atoms with van der Waals surface area (Å²) in [6.45, 7) is 4.13. The van der Waals surface area contributed by atoms with E-state index in [4.69, 9.17) is 17.3 Å². The second kappa shape index (κ2) is 7.13. The third-order valence-electron chi connectivity index (χ3n) is 4.09. The number of aryl methyl sites for hydroxylation is 2. The molecule has 0 bridgehead atoms. The Bertz CT molecular complexity index is 986. The lowest BCUT2D eigenvalue weighted by Gasteiger charge is -2.08. The number of hydrogen-bond donors (Lipinski definition) is 2. The smallest absolute Gasteiger partial charge is 0.280 e. The van der Waals surface area contributed by atoms with Crippen LogP contribution in [0.1, 0.15) is 27.2 Å². The van der Waals surface area contributed by atoms with Crippen molar-refractivity contribution in [3.63, 3.8) is 0 Å². The van der Waals surface area contributed by atoms with Gasteiger partial charge in [-0.3, -0.25) is 4.79 Å². The molecule has 0 fully saturated rings. The Morgan fingerprint density at radius 1 is 1.23 bits per heavy atom. The molecule has 3 rings (SSSR count). The van der Waals surface area contributed by atoms with Crippen molar-refractivity contribution in [2.45, 2.75) is 20.4 Å². The summed E-state index contributed by atoms with van der Waals surface area (Å²) in [6, 6.07) is 9.62. The maximum absolute atomic E-state index is 13.1. The molecule has 0 aliphatic rings. The van der Waals surface area contributed by atoms with Gasteiger partial charge in [-0.15, -0.1) is 5.10 Å². The number of halogens is 2. The average molecular weight is 374 g/mol. The number of benzene rings is 2. The lowest BCUT2D eigenvalue weighted by Crippen LogP contribution is -2.15. The van der Waals surface area contributed by atoms with Gasteiger partial charge < -0.3 is 11.1 Å². The van der Waals surface area contributed by atoms with Crippen molar-refractivity contribution >= 4 is 29.0 Å². The van der Waals surface area contributed by atoms with Gasteiger partial charge in [0.15, 0.2) is 11.5 Å². The van der Waals surface area contributed by atoms with E-state index in [0.717, 1.165) is 11.1 Å². The number of aromatic nitrogens is 3. The van der Waals surface area contributed by atoms with Crippen LogP contribution >= 0.6 is 11.6 Å². The molecule has 3 aromatic rings. The molecule has 1 amide bonds. The van der Waals surface area contributed by atoms with E-state index in [1.165, 1.54) is 22.9 Å². The Hall–Kier alpha value is -2.93. The van der Waals surface area contributed by atoms with Gasteiger partial charge >= 0.3 is 0 Å². The Labute approximate surface area is 154 Å². The fourth-order valence-corrected chi connectivity index (χ4v) is 2.65. The number of carbonyl (C=O) groups excluding carboxylic acids is 1. The number of rotatable bonds is 4. The standard InChI is InChI=1S/C18H17ClFN5O/c1-10-3-6-14(7-11(10)2)22-18(26)16-17(21)25(24-23-16)9-12-4-5-13(20)8-15(12)19/h3-8H,9,21H2,1-2H3,(H,22,26). The van der Waals surface area contributed by atoms with Crippen molar-refractivity contribution in [3.8, 4) is 0 Å². The first kappa shape index (κ1) is 17.9. The normalized spacial score (nSPS) is 10.8. The first-order valence-electron chi connectivity index (χ1n) is 7.86. The summed E-state index contributed by atoms with van der Waals surface area (Å²) in [4.78, 5) is 12.4. The number of carbonyl (C=O) groups is 1. The number of nitrogens with two attached hydrogens (primary N) is 1. The molecule has 0 unspecified atom stereocenters. The number of nitrogen functional groups attached to an aromatic ring is 1. The lowest BCUT2D eigenvalue weighted by atomic mass is 10.1. The number of amides is 1. The van der Waals surface area contributed by atoms with Crippen molar-refractivity contribution < 1.29 is 9.18 Å². The van der Waals surface area contributed by atoms with E-state index in [-0.39, 0.29) is 23.1 Å². The summed E-state index contributed by atoms with van der Waals surface area (Å²) in [5, 5.41) is 10.8. The van der Waals surface area contributed by atoms with Gasteiger partial charge in [-0.2, -0.15) is 0 Å². The van der Waals surface area contributed by atoms with Crippen LogP contribution in [-0.2, 0) is 6.54 Å². The third kappa shape index (κ3) is 3.67. The quantitative estimate of drug-likeness (QED) is 0.732. The molecule has 8 heteroatoms. The van der Waals surface area contributed by atoms with Crippen LogP contribution < -0.4 is 11.1 Å². The van der Waals surface area contributed by atoms with Crippen LogP contribution in [0.4, 0.5) is 15.9 Å². The number of nitrogens with one attached hydrogen (secondary N) is 1. The van der Waals surface area contributed by atoms with E-state index >= 15 is 0 Å². The summed E-state index contributed by atoms with van der Waals surface area (Å²) in [7, 11) is 0. The Balaban J connectivity index is 1.79. The predicted octanol–water partition coefficient (Wildman–Crippen LogP) is 3.57. The maximum atomic E-state index is 13.1. The topological polar surface area (TPSA) is 85.8 Å². The Kier molecular flexibility index (Phi) is 4.90. The number of anilines is 2. The van der Waals surface area contributed by atoms with E-state index in [1.54, 1.807) is 6.07 Å². The first-order chi connectivity index (χ1) is 12.3. The summed E-state index contributed by atoms with van der Waals surface area (Å²) in [6.07, 6.45) is 0. The van der Waals surface area contributed by atoms with Crippen LogP contribution in [0.2, 0.25) is 5.02 Å². The molecule has 0 aliphatic heterocycles.